The molecule has 2 saturated heterocycles. The number of benzene rings is 1. The highest BCUT2D eigenvalue weighted by Gasteiger charge is 2.33. The number of hydrogen-bond donors (Lipinski definition) is 2. The molecule has 3 heterocycles. The van der Waals surface area contributed by atoms with Gasteiger partial charge in [0.05, 0.1) is 11.9 Å². The minimum absolute atomic E-state index is 0.227. The second kappa shape index (κ2) is 10.5. The number of anilines is 2. The average Bonchev–Trinajstić information content (AvgIpc) is 3.34. The van der Waals surface area contributed by atoms with Crippen LogP contribution < -0.4 is 16.0 Å². The lowest BCUT2D eigenvalue weighted by molar-refractivity contribution is -0.132. The number of aromatic nitrogens is 1. The molecule has 0 spiro atoms. The van der Waals surface area contributed by atoms with E-state index in [1.54, 1.807) is 41.4 Å². The Morgan fingerprint density at radius 3 is 2.41 bits per heavy atom. The van der Waals surface area contributed by atoms with Crippen LogP contribution in [0, 0.1) is 0 Å². The normalized spacial score (nSPS) is 18.9. The third-order valence-corrected chi connectivity index (χ3v) is 6.32. The number of rotatable bonds is 6. The Morgan fingerprint density at radius 2 is 1.76 bits per heavy atom. The summed E-state index contributed by atoms with van der Waals surface area (Å²) in [5, 5.41) is 2.86. The monoisotopic (exact) mass is 462 g/mol. The minimum Gasteiger partial charge on any atom is -0.368 e. The first-order valence-electron chi connectivity index (χ1n) is 11.5. The number of carbonyl (C=O) groups is 3. The molecule has 2 fully saturated rings. The van der Waals surface area contributed by atoms with Gasteiger partial charge in [-0.1, -0.05) is 12.1 Å². The summed E-state index contributed by atoms with van der Waals surface area (Å²) in [5.41, 5.74) is 7.46. The Morgan fingerprint density at radius 1 is 1.03 bits per heavy atom. The third-order valence-electron chi connectivity index (χ3n) is 6.32. The maximum absolute atomic E-state index is 12.9. The van der Waals surface area contributed by atoms with E-state index in [1.165, 1.54) is 6.08 Å². The Bertz CT molecular complexity index is 1060. The van der Waals surface area contributed by atoms with Gasteiger partial charge >= 0.3 is 0 Å². The van der Waals surface area contributed by atoms with Crippen LogP contribution in [0.25, 0.3) is 6.08 Å². The highest BCUT2D eigenvalue weighted by molar-refractivity contribution is 6.00. The fourth-order valence-electron chi connectivity index (χ4n) is 4.25. The van der Waals surface area contributed by atoms with Crippen LogP contribution in [0.2, 0.25) is 0 Å². The number of carbonyl (C=O) groups excluding carboxylic acids is 3. The van der Waals surface area contributed by atoms with Gasteiger partial charge in [-0.25, -0.2) is 4.98 Å². The molecule has 9 nitrogen and oxygen atoms in total. The number of nitrogens with zero attached hydrogens (tertiary/aromatic N) is 4. The highest BCUT2D eigenvalue weighted by atomic mass is 16.2. The van der Waals surface area contributed by atoms with Gasteiger partial charge < -0.3 is 25.8 Å². The number of piperazine rings is 1. The lowest BCUT2D eigenvalue weighted by atomic mass is 10.1. The van der Waals surface area contributed by atoms with Gasteiger partial charge in [0.15, 0.2) is 0 Å². The molecule has 2 aromatic rings. The van der Waals surface area contributed by atoms with E-state index in [2.05, 4.69) is 27.1 Å². The molecule has 4 rings (SSSR count). The van der Waals surface area contributed by atoms with Crippen molar-refractivity contribution < 1.29 is 14.4 Å². The fourth-order valence-corrected chi connectivity index (χ4v) is 4.25. The smallest absolute Gasteiger partial charge is 0.248 e. The van der Waals surface area contributed by atoms with Crippen molar-refractivity contribution in [3.05, 3.63) is 59.8 Å². The van der Waals surface area contributed by atoms with Gasteiger partial charge in [-0.3, -0.25) is 14.4 Å². The summed E-state index contributed by atoms with van der Waals surface area (Å²) in [5.74, 6) is -0.479. The lowest BCUT2D eigenvalue weighted by Crippen LogP contribution is -2.44. The van der Waals surface area contributed by atoms with Gasteiger partial charge in [-0.05, 0) is 55.8 Å². The molecule has 0 saturated carbocycles. The van der Waals surface area contributed by atoms with Crippen molar-refractivity contribution in [2.75, 3.05) is 50.0 Å². The molecule has 0 aliphatic carbocycles. The van der Waals surface area contributed by atoms with Crippen LogP contribution in [-0.4, -0.2) is 78.3 Å². The molecule has 0 radical (unpaired) electrons. The van der Waals surface area contributed by atoms with Crippen molar-refractivity contribution in [3.63, 3.8) is 0 Å². The predicted octanol–water partition coefficient (Wildman–Crippen LogP) is 1.58. The van der Waals surface area contributed by atoms with E-state index in [0.717, 1.165) is 43.9 Å². The summed E-state index contributed by atoms with van der Waals surface area (Å²) in [6.07, 6.45) is 6.27. The van der Waals surface area contributed by atoms with E-state index >= 15 is 0 Å². The summed E-state index contributed by atoms with van der Waals surface area (Å²) >= 11 is 0. The van der Waals surface area contributed by atoms with Crippen molar-refractivity contribution in [1.82, 2.24) is 14.8 Å². The second-order valence-electron chi connectivity index (χ2n) is 8.69. The van der Waals surface area contributed by atoms with Crippen LogP contribution in [0.4, 0.5) is 11.5 Å². The molecule has 2 aliphatic rings. The van der Waals surface area contributed by atoms with Crippen LogP contribution in [-0.2, 0) is 9.59 Å². The van der Waals surface area contributed by atoms with E-state index in [-0.39, 0.29) is 11.8 Å². The molecule has 2 aliphatic heterocycles. The van der Waals surface area contributed by atoms with Crippen LogP contribution in [0.3, 0.4) is 0 Å². The molecule has 3 N–H and O–H groups in total. The molecule has 1 atom stereocenters. The van der Waals surface area contributed by atoms with E-state index < -0.39 is 11.9 Å². The molecular weight excluding hydrogens is 432 g/mol. The number of hydrogen-bond acceptors (Lipinski definition) is 6. The fraction of sp³-hybridized carbons (Fsp3) is 0.360. The number of nitrogens with one attached hydrogen (secondary N) is 1. The Labute approximate surface area is 199 Å². The summed E-state index contributed by atoms with van der Waals surface area (Å²) in [6, 6.07) is 9.90. The minimum atomic E-state index is -0.534. The zero-order valence-electron chi connectivity index (χ0n) is 19.3. The van der Waals surface area contributed by atoms with Gasteiger partial charge in [0.25, 0.3) is 0 Å². The molecule has 1 unspecified atom stereocenters. The van der Waals surface area contributed by atoms with Gasteiger partial charge in [0.1, 0.15) is 11.9 Å². The van der Waals surface area contributed by atoms with Crippen molar-refractivity contribution in [2.45, 2.75) is 18.9 Å². The summed E-state index contributed by atoms with van der Waals surface area (Å²) < 4.78 is 0. The van der Waals surface area contributed by atoms with E-state index in [0.29, 0.717) is 24.3 Å². The standard InChI is InChI=1S/C25H30N6O3/c1-29-13-15-30(16-14-29)20-9-10-22(27-17-20)28-25(34)21-3-2-12-31(21)23(32)11-6-18-4-7-19(8-5-18)24(26)33/h4-11,17,21H,2-3,12-16H2,1H3,(H2,26,33)(H,27,28,34)/b11-6+. The zero-order valence-corrected chi connectivity index (χ0v) is 19.3. The number of likely N-dealkylation sites (N-methyl/N-ethyl adjacent to an activating group) is 1. The average molecular weight is 463 g/mol. The zero-order chi connectivity index (χ0) is 24.1. The van der Waals surface area contributed by atoms with Crippen LogP contribution >= 0.6 is 0 Å². The van der Waals surface area contributed by atoms with Gasteiger partial charge in [-0.15, -0.1) is 0 Å². The number of pyridine rings is 1. The molecule has 1 aromatic heterocycles. The number of primary amides is 1. The quantitative estimate of drug-likeness (QED) is 0.631. The molecule has 3 amide bonds. The summed E-state index contributed by atoms with van der Waals surface area (Å²) in [6.45, 7) is 4.45. The van der Waals surface area contributed by atoms with Gasteiger partial charge in [0.2, 0.25) is 17.7 Å². The molecule has 1 aromatic carbocycles. The SMILES string of the molecule is CN1CCN(c2ccc(NC(=O)C3CCCN3C(=O)/C=C/c3ccc(C(N)=O)cc3)nc2)CC1. The first kappa shape index (κ1) is 23.4. The maximum atomic E-state index is 12.9. The maximum Gasteiger partial charge on any atom is 0.248 e. The summed E-state index contributed by atoms with van der Waals surface area (Å²) in [7, 11) is 2.11. The van der Waals surface area contributed by atoms with Crippen LogP contribution in [0.1, 0.15) is 28.8 Å². The first-order valence-corrected chi connectivity index (χ1v) is 11.5. The number of amides is 3. The van der Waals surface area contributed by atoms with Gasteiger partial charge in [-0.2, -0.15) is 0 Å². The van der Waals surface area contributed by atoms with Crippen molar-refractivity contribution in [2.24, 2.45) is 5.73 Å². The van der Waals surface area contributed by atoms with Gasteiger partial charge in [0, 0.05) is 44.4 Å². The third kappa shape index (κ3) is 5.60. The van der Waals surface area contributed by atoms with Crippen molar-refractivity contribution >= 4 is 35.3 Å². The number of nitrogens with two attached hydrogens (primary N) is 1. The second-order valence-corrected chi connectivity index (χ2v) is 8.69. The van der Waals surface area contributed by atoms with Crippen LogP contribution in [0.15, 0.2) is 48.7 Å². The molecule has 9 heteroatoms. The lowest BCUT2D eigenvalue weighted by Gasteiger charge is -2.33. The van der Waals surface area contributed by atoms with Crippen molar-refractivity contribution in [3.8, 4) is 0 Å². The topological polar surface area (TPSA) is 112 Å². The van der Waals surface area contributed by atoms with E-state index in [1.807, 2.05) is 12.1 Å². The Hall–Kier alpha value is -3.72. The first-order chi connectivity index (χ1) is 16.4. The highest BCUT2D eigenvalue weighted by Crippen LogP contribution is 2.21. The van der Waals surface area contributed by atoms with Crippen LogP contribution in [0.5, 0.6) is 0 Å². The van der Waals surface area contributed by atoms with E-state index in [4.69, 9.17) is 5.73 Å². The Balaban J connectivity index is 1.34. The largest absolute Gasteiger partial charge is 0.368 e. The molecule has 0 bridgehead atoms. The predicted molar refractivity (Wildman–Crippen MR) is 131 cm³/mol. The van der Waals surface area contributed by atoms with E-state index in [9.17, 15) is 14.4 Å². The molecule has 178 valence electrons. The van der Waals surface area contributed by atoms with Crippen molar-refractivity contribution in [1.29, 1.82) is 0 Å². The molecular formula is C25H30N6O3. The Kier molecular flexibility index (Phi) is 7.22. The summed E-state index contributed by atoms with van der Waals surface area (Å²) in [4.78, 5) is 47.4. The number of likely N-dealkylation sites (tertiary alicyclic amines) is 1. The molecule has 34 heavy (non-hydrogen) atoms.